The van der Waals surface area contributed by atoms with Crippen LogP contribution in [0.3, 0.4) is 0 Å². The van der Waals surface area contributed by atoms with E-state index in [-0.39, 0.29) is 0 Å². The first-order valence-electron chi connectivity index (χ1n) is 8.82. The van der Waals surface area contributed by atoms with Crippen molar-refractivity contribution in [2.24, 2.45) is 0 Å². The molecule has 4 nitrogen and oxygen atoms in total. The summed E-state index contributed by atoms with van der Waals surface area (Å²) >= 11 is 0. The predicted octanol–water partition coefficient (Wildman–Crippen LogP) is 5.28. The van der Waals surface area contributed by atoms with Crippen LogP contribution in [-0.4, -0.2) is 43.2 Å². The molecule has 0 rings (SSSR count). The first-order chi connectivity index (χ1) is 10.1. The monoisotopic (exact) mass is 358 g/mol. The van der Waals surface area contributed by atoms with Crippen molar-refractivity contribution in [2.75, 3.05) is 25.7 Å². The maximum atomic E-state index is 8.74. The van der Waals surface area contributed by atoms with Gasteiger partial charge in [0.25, 0.3) is 0 Å². The number of rotatable bonds is 12. The SMILES string of the molecule is CCCCCCCCCCCC[PH](C)(C)CC.O=S(=O)(O)O. The van der Waals surface area contributed by atoms with Crippen LogP contribution in [-0.2, 0) is 10.4 Å². The normalized spacial score (nSPS) is 12.6. The topological polar surface area (TPSA) is 74.6 Å². The zero-order chi connectivity index (χ0) is 17.5. The molecule has 0 saturated carbocycles. The molecule has 0 aromatic heterocycles. The largest absolute Gasteiger partial charge is 0.394 e. The summed E-state index contributed by atoms with van der Waals surface area (Å²) in [5.41, 5.74) is 0. The van der Waals surface area contributed by atoms with Gasteiger partial charge in [0, 0.05) is 0 Å². The average molecular weight is 359 g/mol. The van der Waals surface area contributed by atoms with Crippen molar-refractivity contribution >= 4 is 17.7 Å². The van der Waals surface area contributed by atoms with Gasteiger partial charge in [-0.3, -0.25) is 9.11 Å². The molecule has 0 unspecified atom stereocenters. The van der Waals surface area contributed by atoms with E-state index in [9.17, 15) is 0 Å². The van der Waals surface area contributed by atoms with Crippen molar-refractivity contribution < 1.29 is 17.5 Å². The minimum Gasteiger partial charge on any atom is -0.264 e. The van der Waals surface area contributed by atoms with Crippen molar-refractivity contribution in [3.63, 3.8) is 0 Å². The van der Waals surface area contributed by atoms with Gasteiger partial charge in [-0.2, -0.15) is 8.42 Å². The van der Waals surface area contributed by atoms with Gasteiger partial charge in [0.05, 0.1) is 0 Å². The van der Waals surface area contributed by atoms with Crippen molar-refractivity contribution in [1.82, 2.24) is 0 Å². The zero-order valence-electron chi connectivity index (χ0n) is 15.1. The van der Waals surface area contributed by atoms with Crippen molar-refractivity contribution in [3.05, 3.63) is 0 Å². The van der Waals surface area contributed by atoms with Crippen LogP contribution in [0.15, 0.2) is 0 Å². The molecule has 0 heterocycles. The maximum absolute atomic E-state index is 8.74. The summed E-state index contributed by atoms with van der Waals surface area (Å²) in [5, 5.41) is 0. The third kappa shape index (κ3) is 28.5. The first-order valence-corrected chi connectivity index (χ1v) is 13.6. The standard InChI is InChI=1S/C16H37P.H2O4S/c1-5-7-8-9-10-11-12-13-14-15-16-17(3,4)6-2;1-5(2,3)4/h17H,5-16H2,1-4H3;(H2,1,2,3,4). The zero-order valence-corrected chi connectivity index (χ0v) is 16.9. The van der Waals surface area contributed by atoms with E-state index in [1.54, 1.807) is 6.16 Å². The minimum absolute atomic E-state index is 0.768. The Balaban J connectivity index is 0. The Labute approximate surface area is 139 Å². The predicted molar refractivity (Wildman–Crippen MR) is 102 cm³/mol. The Bertz CT molecular complexity index is 321. The average Bonchev–Trinajstić information content (AvgIpc) is 2.39. The van der Waals surface area contributed by atoms with Crippen LogP contribution in [0.2, 0.25) is 0 Å². The van der Waals surface area contributed by atoms with Gasteiger partial charge in [0.15, 0.2) is 0 Å². The second-order valence-corrected chi connectivity index (χ2v) is 13.3. The Morgan fingerprint density at radius 2 is 1.05 bits per heavy atom. The van der Waals surface area contributed by atoms with E-state index >= 15 is 0 Å². The minimum atomic E-state index is -4.67. The molecule has 0 spiro atoms. The molecule has 0 aromatic rings. The molecule has 138 valence electrons. The van der Waals surface area contributed by atoms with E-state index in [1.807, 2.05) is 0 Å². The van der Waals surface area contributed by atoms with E-state index < -0.39 is 17.7 Å². The van der Waals surface area contributed by atoms with E-state index in [1.165, 1.54) is 70.4 Å². The van der Waals surface area contributed by atoms with Gasteiger partial charge in [0.2, 0.25) is 0 Å². The summed E-state index contributed by atoms with van der Waals surface area (Å²) in [7, 11) is -5.43. The second kappa shape index (κ2) is 14.9. The Hall–Kier alpha value is 0.300. The van der Waals surface area contributed by atoms with Crippen LogP contribution in [0.1, 0.15) is 78.1 Å². The third-order valence-electron chi connectivity index (χ3n) is 4.16. The second-order valence-electron chi connectivity index (χ2n) is 6.90. The van der Waals surface area contributed by atoms with Crippen molar-refractivity contribution in [2.45, 2.75) is 78.1 Å². The fourth-order valence-corrected chi connectivity index (χ4v) is 3.83. The van der Waals surface area contributed by atoms with Crippen LogP contribution in [0.5, 0.6) is 0 Å². The van der Waals surface area contributed by atoms with Crippen LogP contribution >= 0.6 is 7.26 Å². The van der Waals surface area contributed by atoms with Crippen molar-refractivity contribution in [1.29, 1.82) is 0 Å². The van der Waals surface area contributed by atoms with Gasteiger partial charge in [-0.25, -0.2) is 0 Å². The first kappa shape index (κ1) is 24.6. The van der Waals surface area contributed by atoms with E-state index in [2.05, 4.69) is 27.2 Å². The van der Waals surface area contributed by atoms with Gasteiger partial charge in [-0.15, -0.1) is 0 Å². The maximum Gasteiger partial charge on any atom is 0.394 e. The summed E-state index contributed by atoms with van der Waals surface area (Å²) in [6.07, 6.45) is 17.7. The quantitative estimate of drug-likeness (QED) is 0.283. The molecule has 0 aliphatic rings. The van der Waals surface area contributed by atoms with E-state index in [0.717, 1.165) is 0 Å². The third-order valence-corrected chi connectivity index (χ3v) is 7.79. The van der Waals surface area contributed by atoms with Gasteiger partial charge < -0.3 is 0 Å². The Morgan fingerprint density at radius 3 is 1.36 bits per heavy atom. The Morgan fingerprint density at radius 1 is 0.727 bits per heavy atom. The molecule has 22 heavy (non-hydrogen) atoms. The summed E-state index contributed by atoms with van der Waals surface area (Å²) < 4.78 is 31.6. The molecule has 0 aliphatic carbocycles. The van der Waals surface area contributed by atoms with E-state index in [0.29, 0.717) is 0 Å². The number of unbranched alkanes of at least 4 members (excludes halogenated alkanes) is 9. The molecule has 0 aromatic carbocycles. The summed E-state index contributed by atoms with van der Waals surface area (Å²) in [5.74, 6) is 0. The summed E-state index contributed by atoms with van der Waals surface area (Å²) in [4.78, 5) is 0. The molecule has 0 radical (unpaired) electrons. The molecule has 0 aliphatic heterocycles. The molecule has 0 fully saturated rings. The smallest absolute Gasteiger partial charge is 0.264 e. The molecule has 0 bridgehead atoms. The molecular formula is C16H39O4PS. The number of hydrogen-bond donors (Lipinski definition) is 2. The molecule has 2 N–H and O–H groups in total. The van der Waals surface area contributed by atoms with Crippen LogP contribution in [0, 0.1) is 0 Å². The molecule has 0 saturated heterocycles. The van der Waals surface area contributed by atoms with Gasteiger partial charge in [0.1, 0.15) is 0 Å². The van der Waals surface area contributed by atoms with Crippen LogP contribution in [0.25, 0.3) is 0 Å². The van der Waals surface area contributed by atoms with Crippen LogP contribution in [0.4, 0.5) is 0 Å². The number of hydrogen-bond acceptors (Lipinski definition) is 2. The van der Waals surface area contributed by atoms with Crippen LogP contribution < -0.4 is 0 Å². The summed E-state index contributed by atoms with van der Waals surface area (Å²) in [6, 6.07) is 0. The van der Waals surface area contributed by atoms with Crippen molar-refractivity contribution in [3.8, 4) is 0 Å². The van der Waals surface area contributed by atoms with E-state index in [4.69, 9.17) is 17.5 Å². The molecular weight excluding hydrogens is 319 g/mol. The van der Waals surface area contributed by atoms with Gasteiger partial charge in [-0.1, -0.05) is 0 Å². The van der Waals surface area contributed by atoms with Gasteiger partial charge >= 0.3 is 121 Å². The fourth-order valence-electron chi connectivity index (χ4n) is 2.27. The van der Waals surface area contributed by atoms with Gasteiger partial charge in [-0.05, 0) is 0 Å². The molecule has 6 heteroatoms. The molecule has 0 atom stereocenters. The molecule has 0 amide bonds. The fraction of sp³-hybridized carbons (Fsp3) is 1.00. The summed E-state index contributed by atoms with van der Waals surface area (Å²) in [6.45, 7) is 9.76. The Kier molecular flexibility index (Phi) is 16.6.